The van der Waals surface area contributed by atoms with Gasteiger partial charge in [0.2, 0.25) is 0 Å². The lowest BCUT2D eigenvalue weighted by atomic mass is 9.81. The van der Waals surface area contributed by atoms with Crippen molar-refractivity contribution in [2.45, 2.75) is 38.6 Å². The Balaban J connectivity index is 2.33. The Hall–Kier alpha value is -1.38. The molecule has 0 aliphatic heterocycles. The molecule has 1 nitrogen and oxygen atoms in total. The van der Waals surface area contributed by atoms with Gasteiger partial charge in [0.15, 0.2) is 0 Å². The highest BCUT2D eigenvalue weighted by molar-refractivity contribution is 6.30. The van der Waals surface area contributed by atoms with Gasteiger partial charge in [-0.15, -0.1) is 0 Å². The van der Waals surface area contributed by atoms with Gasteiger partial charge in [0.25, 0.3) is 0 Å². The van der Waals surface area contributed by atoms with Crippen LogP contribution in [0.5, 0.6) is 0 Å². The topological polar surface area (TPSA) is 26.0 Å². The van der Waals surface area contributed by atoms with Gasteiger partial charge in [0.1, 0.15) is 5.82 Å². The normalized spacial score (nSPS) is 13.2. The van der Waals surface area contributed by atoms with Gasteiger partial charge in [0, 0.05) is 11.1 Å². The smallest absolute Gasteiger partial charge is 0.126 e. The van der Waals surface area contributed by atoms with Gasteiger partial charge in [-0.05, 0) is 46.7 Å². The fourth-order valence-electron chi connectivity index (χ4n) is 2.55. The molecule has 1 unspecified atom stereocenters. The van der Waals surface area contributed by atoms with Crippen LogP contribution in [0, 0.1) is 5.82 Å². The lowest BCUT2D eigenvalue weighted by Gasteiger charge is -2.26. The fraction of sp³-hybridized carbons (Fsp3) is 0.333. The second kappa shape index (κ2) is 6.17. The zero-order valence-electron chi connectivity index (χ0n) is 12.7. The van der Waals surface area contributed by atoms with Crippen molar-refractivity contribution in [3.8, 4) is 0 Å². The Morgan fingerprint density at radius 3 is 2.48 bits per heavy atom. The van der Waals surface area contributed by atoms with Crippen molar-refractivity contribution in [2.75, 3.05) is 0 Å². The van der Waals surface area contributed by atoms with E-state index in [0.717, 1.165) is 5.56 Å². The third-order valence-electron chi connectivity index (χ3n) is 3.62. The summed E-state index contributed by atoms with van der Waals surface area (Å²) in [5.41, 5.74) is 9.14. The zero-order chi connectivity index (χ0) is 15.6. The molecule has 0 fully saturated rings. The molecule has 0 bridgehead atoms. The largest absolute Gasteiger partial charge is 0.324 e. The van der Waals surface area contributed by atoms with E-state index in [4.69, 9.17) is 17.3 Å². The molecule has 2 rings (SSSR count). The summed E-state index contributed by atoms with van der Waals surface area (Å²) in [6, 6.07) is 12.4. The van der Waals surface area contributed by atoms with Crippen LogP contribution in [0.4, 0.5) is 4.39 Å². The van der Waals surface area contributed by atoms with Gasteiger partial charge in [-0.2, -0.15) is 0 Å². The molecular formula is C18H21ClFN. The monoisotopic (exact) mass is 305 g/mol. The number of hydrogen-bond donors (Lipinski definition) is 1. The number of hydrogen-bond acceptors (Lipinski definition) is 1. The average molecular weight is 306 g/mol. The van der Waals surface area contributed by atoms with Crippen LogP contribution in [-0.2, 0) is 11.8 Å². The fourth-order valence-corrected chi connectivity index (χ4v) is 2.74. The molecule has 0 saturated heterocycles. The second-order valence-corrected chi connectivity index (χ2v) is 6.82. The molecule has 3 heteroatoms. The number of halogens is 2. The Morgan fingerprint density at radius 2 is 1.81 bits per heavy atom. The van der Waals surface area contributed by atoms with Gasteiger partial charge in [-0.25, -0.2) is 4.39 Å². The van der Waals surface area contributed by atoms with E-state index in [-0.39, 0.29) is 17.3 Å². The van der Waals surface area contributed by atoms with Crippen molar-refractivity contribution in [3.05, 3.63) is 70.0 Å². The average Bonchev–Trinajstić information content (AvgIpc) is 2.42. The molecule has 2 aromatic rings. The van der Waals surface area contributed by atoms with Crippen LogP contribution in [0.3, 0.4) is 0 Å². The summed E-state index contributed by atoms with van der Waals surface area (Å²) in [6.45, 7) is 6.45. The summed E-state index contributed by atoms with van der Waals surface area (Å²) in [6.07, 6.45) is 0.430. The minimum Gasteiger partial charge on any atom is -0.324 e. The number of rotatable bonds is 3. The highest BCUT2D eigenvalue weighted by atomic mass is 35.5. The van der Waals surface area contributed by atoms with Crippen LogP contribution in [0.2, 0.25) is 5.02 Å². The van der Waals surface area contributed by atoms with Crippen molar-refractivity contribution < 1.29 is 4.39 Å². The first kappa shape index (κ1) is 16.0. The van der Waals surface area contributed by atoms with Crippen molar-refractivity contribution in [3.63, 3.8) is 0 Å². The molecule has 1 atom stereocenters. The molecule has 0 heterocycles. The predicted octanol–water partition coefficient (Wildman–Crippen LogP) is 5.02. The highest BCUT2D eigenvalue weighted by Crippen LogP contribution is 2.30. The SMILES string of the molecule is CC(C)(C)c1ccccc1C(N)Cc1cc(Cl)ccc1F. The van der Waals surface area contributed by atoms with E-state index in [1.54, 1.807) is 12.1 Å². The quantitative estimate of drug-likeness (QED) is 0.846. The van der Waals surface area contributed by atoms with E-state index in [1.165, 1.54) is 11.6 Å². The van der Waals surface area contributed by atoms with Crippen LogP contribution in [0.15, 0.2) is 42.5 Å². The third-order valence-corrected chi connectivity index (χ3v) is 3.85. The lowest BCUT2D eigenvalue weighted by Crippen LogP contribution is -2.21. The maximum absolute atomic E-state index is 13.9. The predicted molar refractivity (Wildman–Crippen MR) is 87.2 cm³/mol. The van der Waals surface area contributed by atoms with Crippen molar-refractivity contribution in [1.29, 1.82) is 0 Å². The van der Waals surface area contributed by atoms with Gasteiger partial charge in [-0.1, -0.05) is 56.6 Å². The maximum Gasteiger partial charge on any atom is 0.126 e. The van der Waals surface area contributed by atoms with Gasteiger partial charge in [0.05, 0.1) is 0 Å². The molecule has 0 aliphatic carbocycles. The summed E-state index contributed by atoms with van der Waals surface area (Å²) in [5.74, 6) is -0.261. The molecule has 0 aromatic heterocycles. The zero-order valence-corrected chi connectivity index (χ0v) is 13.4. The molecule has 21 heavy (non-hydrogen) atoms. The molecule has 0 amide bonds. The van der Waals surface area contributed by atoms with Crippen LogP contribution >= 0.6 is 11.6 Å². The molecule has 2 N–H and O–H groups in total. The Kier molecular flexibility index (Phi) is 4.70. The van der Waals surface area contributed by atoms with Crippen LogP contribution < -0.4 is 5.73 Å². The van der Waals surface area contributed by atoms with E-state index < -0.39 is 0 Å². The van der Waals surface area contributed by atoms with Crippen molar-refractivity contribution in [1.82, 2.24) is 0 Å². The molecule has 0 saturated carbocycles. The van der Waals surface area contributed by atoms with Crippen molar-refractivity contribution in [2.24, 2.45) is 5.73 Å². The van der Waals surface area contributed by atoms with Crippen LogP contribution in [-0.4, -0.2) is 0 Å². The third kappa shape index (κ3) is 3.84. The highest BCUT2D eigenvalue weighted by Gasteiger charge is 2.21. The van der Waals surface area contributed by atoms with Crippen molar-refractivity contribution >= 4 is 11.6 Å². The summed E-state index contributed by atoms with van der Waals surface area (Å²) < 4.78 is 13.9. The standard InChI is InChI=1S/C18H21ClFN/c1-18(2,3)15-7-5-4-6-14(15)17(21)11-12-10-13(19)8-9-16(12)20/h4-10,17H,11,21H2,1-3H3. The summed E-state index contributed by atoms with van der Waals surface area (Å²) in [4.78, 5) is 0. The van der Waals surface area contributed by atoms with Gasteiger partial charge >= 0.3 is 0 Å². The van der Waals surface area contributed by atoms with Gasteiger partial charge < -0.3 is 5.73 Å². The number of nitrogens with two attached hydrogens (primary N) is 1. The number of benzene rings is 2. The first-order chi connectivity index (χ1) is 9.79. The Labute approximate surface area is 130 Å². The van der Waals surface area contributed by atoms with E-state index in [0.29, 0.717) is 17.0 Å². The molecule has 0 spiro atoms. The second-order valence-electron chi connectivity index (χ2n) is 6.38. The van der Waals surface area contributed by atoms with Crippen LogP contribution in [0.25, 0.3) is 0 Å². The molecule has 0 radical (unpaired) electrons. The van der Waals surface area contributed by atoms with Crippen LogP contribution in [0.1, 0.15) is 43.5 Å². The summed E-state index contributed by atoms with van der Waals surface area (Å²) >= 11 is 5.94. The molecular weight excluding hydrogens is 285 g/mol. The lowest BCUT2D eigenvalue weighted by molar-refractivity contribution is 0.560. The van der Waals surface area contributed by atoms with E-state index in [9.17, 15) is 4.39 Å². The van der Waals surface area contributed by atoms with E-state index in [2.05, 4.69) is 26.8 Å². The Morgan fingerprint density at radius 1 is 1.14 bits per heavy atom. The Bertz CT molecular complexity index is 631. The van der Waals surface area contributed by atoms with Gasteiger partial charge in [-0.3, -0.25) is 0 Å². The molecule has 0 aliphatic rings. The van der Waals surface area contributed by atoms with E-state index in [1.807, 2.05) is 18.2 Å². The summed E-state index contributed by atoms with van der Waals surface area (Å²) in [7, 11) is 0. The molecule has 112 valence electrons. The van der Waals surface area contributed by atoms with E-state index >= 15 is 0 Å². The first-order valence-corrected chi connectivity index (χ1v) is 7.46. The minimum atomic E-state index is -0.261. The first-order valence-electron chi connectivity index (χ1n) is 7.08. The molecule has 2 aromatic carbocycles. The summed E-state index contributed by atoms with van der Waals surface area (Å²) in [5, 5.41) is 0.530. The minimum absolute atomic E-state index is 0.00108. The maximum atomic E-state index is 13.9.